The van der Waals surface area contributed by atoms with Gasteiger partial charge in [-0.05, 0) is 29.3 Å². The average Bonchev–Trinajstić information content (AvgIpc) is 2.81. The fraction of sp³-hybridized carbons (Fsp3) is 0.308. The molecular formula is C26H29ClN2O2. The van der Waals surface area contributed by atoms with Gasteiger partial charge in [-0.25, -0.2) is 0 Å². The van der Waals surface area contributed by atoms with Crippen molar-refractivity contribution in [1.29, 1.82) is 0 Å². The molecule has 0 aliphatic carbocycles. The van der Waals surface area contributed by atoms with E-state index in [-0.39, 0.29) is 6.10 Å². The first-order valence-corrected chi connectivity index (χ1v) is 11.2. The van der Waals surface area contributed by atoms with E-state index in [1.165, 1.54) is 0 Å². The molecule has 1 fully saturated rings. The van der Waals surface area contributed by atoms with Crippen LogP contribution in [-0.2, 0) is 4.74 Å². The van der Waals surface area contributed by atoms with Crippen LogP contribution in [-0.4, -0.2) is 55.4 Å². The first-order chi connectivity index (χ1) is 15.2. The Morgan fingerprint density at radius 1 is 0.806 bits per heavy atom. The molecule has 0 aromatic heterocycles. The van der Waals surface area contributed by atoms with Gasteiger partial charge in [0.15, 0.2) is 0 Å². The van der Waals surface area contributed by atoms with Gasteiger partial charge in [0.05, 0.1) is 12.7 Å². The standard InChI is InChI=1S/C26H29ClN2O2/c27-23-12-7-13-24(18-23)29-16-14-28(15-17-29)19-25(30)20-31-26(21-8-3-1-4-9-21)22-10-5-2-6-11-22/h1-13,18,25-26,30H,14-17,19-20H2/t25-/m0/s1. The van der Waals surface area contributed by atoms with Gasteiger partial charge in [-0.1, -0.05) is 78.3 Å². The van der Waals surface area contributed by atoms with Crippen LogP contribution in [0.3, 0.4) is 0 Å². The molecule has 1 atom stereocenters. The molecule has 4 nitrogen and oxygen atoms in total. The maximum Gasteiger partial charge on any atom is 0.108 e. The third-order valence-corrected chi connectivity index (χ3v) is 5.91. The van der Waals surface area contributed by atoms with Gasteiger partial charge in [-0.2, -0.15) is 0 Å². The fourth-order valence-electron chi connectivity index (χ4n) is 4.06. The van der Waals surface area contributed by atoms with Crippen LogP contribution in [0.1, 0.15) is 17.2 Å². The van der Waals surface area contributed by atoms with Crippen molar-refractivity contribution in [3.63, 3.8) is 0 Å². The van der Waals surface area contributed by atoms with Gasteiger partial charge in [-0.15, -0.1) is 0 Å². The molecule has 1 heterocycles. The maximum atomic E-state index is 10.7. The first kappa shape index (κ1) is 21.8. The molecule has 1 N–H and O–H groups in total. The molecule has 0 spiro atoms. The summed E-state index contributed by atoms with van der Waals surface area (Å²) in [6.45, 7) is 4.56. The summed E-state index contributed by atoms with van der Waals surface area (Å²) in [6, 6.07) is 28.3. The Hall–Kier alpha value is -2.37. The minimum absolute atomic E-state index is 0.184. The molecule has 3 aromatic rings. The summed E-state index contributed by atoms with van der Waals surface area (Å²) < 4.78 is 6.22. The monoisotopic (exact) mass is 436 g/mol. The second-order valence-corrected chi connectivity index (χ2v) is 8.39. The normalized spacial score (nSPS) is 15.9. The van der Waals surface area contributed by atoms with Crippen molar-refractivity contribution in [3.8, 4) is 0 Å². The van der Waals surface area contributed by atoms with Crippen molar-refractivity contribution in [2.45, 2.75) is 12.2 Å². The van der Waals surface area contributed by atoms with Crippen LogP contribution in [0.5, 0.6) is 0 Å². The van der Waals surface area contributed by atoms with Gasteiger partial charge in [0.25, 0.3) is 0 Å². The largest absolute Gasteiger partial charge is 0.389 e. The minimum atomic E-state index is -0.535. The van der Waals surface area contributed by atoms with E-state index < -0.39 is 6.10 Å². The molecule has 31 heavy (non-hydrogen) atoms. The van der Waals surface area contributed by atoms with E-state index >= 15 is 0 Å². The highest BCUT2D eigenvalue weighted by Crippen LogP contribution is 2.26. The molecule has 1 aliphatic rings. The lowest BCUT2D eigenvalue weighted by Crippen LogP contribution is -2.49. The summed E-state index contributed by atoms with van der Waals surface area (Å²) in [5.41, 5.74) is 3.34. The smallest absolute Gasteiger partial charge is 0.108 e. The summed E-state index contributed by atoms with van der Waals surface area (Å²) in [7, 11) is 0. The fourth-order valence-corrected chi connectivity index (χ4v) is 4.24. The van der Waals surface area contributed by atoms with E-state index in [1.54, 1.807) is 0 Å². The van der Waals surface area contributed by atoms with E-state index in [2.05, 4.69) is 40.1 Å². The average molecular weight is 437 g/mol. The van der Waals surface area contributed by atoms with Gasteiger partial charge in [0, 0.05) is 43.4 Å². The van der Waals surface area contributed by atoms with Gasteiger partial charge >= 0.3 is 0 Å². The Morgan fingerprint density at radius 3 is 2.00 bits per heavy atom. The zero-order valence-corrected chi connectivity index (χ0v) is 18.4. The molecule has 1 aliphatic heterocycles. The number of aliphatic hydroxyl groups excluding tert-OH is 1. The number of β-amino-alcohol motifs (C(OH)–C–C–N with tert-alkyl or cyclic N) is 1. The van der Waals surface area contributed by atoms with Gasteiger partial charge < -0.3 is 14.7 Å². The number of hydrogen-bond donors (Lipinski definition) is 1. The number of aliphatic hydroxyl groups is 1. The molecule has 0 amide bonds. The summed E-state index contributed by atoms with van der Waals surface area (Å²) in [5.74, 6) is 0. The molecule has 0 radical (unpaired) electrons. The van der Waals surface area contributed by atoms with Gasteiger partial charge in [0.2, 0.25) is 0 Å². The number of piperazine rings is 1. The third-order valence-electron chi connectivity index (χ3n) is 5.67. The second-order valence-electron chi connectivity index (χ2n) is 7.96. The Kier molecular flexibility index (Phi) is 7.60. The van der Waals surface area contributed by atoms with Crippen molar-refractivity contribution >= 4 is 17.3 Å². The van der Waals surface area contributed by atoms with Crippen LogP contribution >= 0.6 is 11.6 Å². The van der Waals surface area contributed by atoms with Gasteiger partial charge in [-0.3, -0.25) is 4.90 Å². The SMILES string of the molecule is O[C@H](COC(c1ccccc1)c1ccccc1)CN1CCN(c2cccc(Cl)c2)CC1. The van der Waals surface area contributed by atoms with Crippen molar-refractivity contribution in [2.75, 3.05) is 44.2 Å². The van der Waals surface area contributed by atoms with Crippen molar-refractivity contribution in [1.82, 2.24) is 4.90 Å². The molecule has 0 bridgehead atoms. The van der Waals surface area contributed by atoms with Crippen LogP contribution in [0.15, 0.2) is 84.9 Å². The summed E-state index contributed by atoms with van der Waals surface area (Å²) in [4.78, 5) is 4.64. The third kappa shape index (κ3) is 6.08. The Balaban J connectivity index is 1.30. The molecule has 5 heteroatoms. The van der Waals surface area contributed by atoms with Crippen LogP contribution in [0.4, 0.5) is 5.69 Å². The first-order valence-electron chi connectivity index (χ1n) is 10.8. The summed E-state index contributed by atoms with van der Waals surface area (Å²) in [6.07, 6.45) is -0.718. The number of halogens is 1. The van der Waals surface area contributed by atoms with Crippen LogP contribution < -0.4 is 4.90 Å². The summed E-state index contributed by atoms with van der Waals surface area (Å²) >= 11 is 6.13. The molecule has 1 saturated heterocycles. The topological polar surface area (TPSA) is 35.9 Å². The van der Waals surface area contributed by atoms with Gasteiger partial charge in [0.1, 0.15) is 6.10 Å². The van der Waals surface area contributed by atoms with Crippen molar-refractivity contribution in [2.24, 2.45) is 0 Å². The molecular weight excluding hydrogens is 408 g/mol. The molecule has 0 saturated carbocycles. The maximum absolute atomic E-state index is 10.7. The zero-order valence-electron chi connectivity index (χ0n) is 17.6. The van der Waals surface area contributed by atoms with Crippen LogP contribution in [0.2, 0.25) is 5.02 Å². The number of anilines is 1. The van der Waals surface area contributed by atoms with Crippen molar-refractivity contribution in [3.05, 3.63) is 101 Å². The number of benzene rings is 3. The number of hydrogen-bond acceptors (Lipinski definition) is 4. The van der Waals surface area contributed by atoms with Crippen LogP contribution in [0.25, 0.3) is 0 Å². The van der Waals surface area contributed by atoms with Crippen molar-refractivity contribution < 1.29 is 9.84 Å². The van der Waals surface area contributed by atoms with E-state index in [1.807, 2.05) is 54.6 Å². The molecule has 162 valence electrons. The molecule has 0 unspecified atom stereocenters. The van der Waals surface area contributed by atoms with E-state index in [9.17, 15) is 5.11 Å². The Morgan fingerprint density at radius 2 is 1.42 bits per heavy atom. The van der Waals surface area contributed by atoms with E-state index in [4.69, 9.17) is 16.3 Å². The Bertz CT molecular complexity index is 891. The number of rotatable bonds is 8. The highest BCUT2D eigenvalue weighted by Gasteiger charge is 2.21. The zero-order chi connectivity index (χ0) is 21.5. The second kappa shape index (κ2) is 10.8. The predicted octanol–water partition coefficient (Wildman–Crippen LogP) is 4.63. The lowest BCUT2D eigenvalue weighted by Gasteiger charge is -2.37. The lowest BCUT2D eigenvalue weighted by atomic mass is 10.0. The van der Waals surface area contributed by atoms with Crippen LogP contribution in [0, 0.1) is 0 Å². The highest BCUT2D eigenvalue weighted by atomic mass is 35.5. The van der Waals surface area contributed by atoms with E-state index in [0.717, 1.165) is 48.0 Å². The summed E-state index contributed by atoms with van der Waals surface area (Å²) in [5, 5.41) is 11.4. The number of ether oxygens (including phenoxy) is 1. The minimum Gasteiger partial charge on any atom is -0.389 e. The molecule has 3 aromatic carbocycles. The Labute approximate surface area is 189 Å². The van der Waals surface area contributed by atoms with E-state index in [0.29, 0.717) is 13.2 Å². The molecule has 4 rings (SSSR count). The highest BCUT2D eigenvalue weighted by molar-refractivity contribution is 6.30. The lowest BCUT2D eigenvalue weighted by molar-refractivity contribution is -0.00893. The predicted molar refractivity (Wildman–Crippen MR) is 127 cm³/mol. The quantitative estimate of drug-likeness (QED) is 0.558. The number of nitrogens with zero attached hydrogens (tertiary/aromatic N) is 2.